The summed E-state index contributed by atoms with van der Waals surface area (Å²) in [6, 6.07) is 0. The van der Waals surface area contributed by atoms with Crippen LogP contribution < -0.4 is 24.8 Å². The van der Waals surface area contributed by atoms with E-state index in [0.717, 1.165) is 0 Å². The Labute approximate surface area is 169 Å². The van der Waals surface area contributed by atoms with Crippen molar-refractivity contribution in [2.45, 2.75) is 66.0 Å². The molecule has 0 aromatic heterocycles. The van der Waals surface area contributed by atoms with Crippen LogP contribution in [0.25, 0.3) is 0 Å². The van der Waals surface area contributed by atoms with E-state index in [2.05, 4.69) is 65.3 Å². The van der Waals surface area contributed by atoms with Gasteiger partial charge < -0.3 is 24.8 Å². The average molecular weight is 465 g/mol. The molecule has 0 saturated carbocycles. The Morgan fingerprint density at radius 3 is 1.22 bits per heavy atom. The van der Waals surface area contributed by atoms with Crippen molar-refractivity contribution in [1.82, 2.24) is 0 Å². The van der Waals surface area contributed by atoms with Gasteiger partial charge in [-0.1, -0.05) is 0 Å². The van der Waals surface area contributed by atoms with Gasteiger partial charge in [0, 0.05) is 0 Å². The van der Waals surface area contributed by atoms with E-state index in [1.165, 1.54) is 12.8 Å². The fourth-order valence-electron chi connectivity index (χ4n) is 3.55. The van der Waals surface area contributed by atoms with Crippen LogP contribution in [0.4, 0.5) is 0 Å². The Kier molecular flexibility index (Phi) is 8.81. The van der Waals surface area contributed by atoms with Crippen LogP contribution in [0.1, 0.15) is 26.7 Å². The minimum absolute atomic E-state index is 0. The van der Waals surface area contributed by atoms with Crippen LogP contribution in [0, 0.1) is 0 Å². The first-order chi connectivity index (χ1) is 9.51. The minimum Gasteiger partial charge on any atom is -1.00 e. The standard InChI is InChI=1S/2C9H15Si.2ClH.Zr/c2*1-8-6-5-7-9(8)10(2,3)4;;;/h2*7H,5H2,1-4H3;2*1H;/q;;;;+2/p-2. The van der Waals surface area contributed by atoms with Crippen molar-refractivity contribution in [2.24, 2.45) is 0 Å². The van der Waals surface area contributed by atoms with Crippen LogP contribution in [0.15, 0.2) is 40.3 Å². The molecule has 0 aliphatic heterocycles. The summed E-state index contributed by atoms with van der Waals surface area (Å²) in [5.41, 5.74) is 3.39. The molecule has 2 aliphatic carbocycles. The van der Waals surface area contributed by atoms with E-state index in [1.807, 2.05) is 6.56 Å². The number of allylic oxidation sites excluding steroid dienone is 8. The fourth-order valence-corrected chi connectivity index (χ4v) is 11.6. The predicted octanol–water partition coefficient (Wildman–Crippen LogP) is 0.0399. The van der Waals surface area contributed by atoms with Crippen molar-refractivity contribution < 1.29 is 48.0 Å². The molecule has 0 heterocycles. The molecule has 0 saturated heterocycles. The quantitative estimate of drug-likeness (QED) is 0.516. The van der Waals surface area contributed by atoms with Crippen LogP contribution in [0.3, 0.4) is 0 Å². The smallest absolute Gasteiger partial charge is 1.00 e. The molecule has 0 atom stereocenters. The molecule has 0 bridgehead atoms. The summed E-state index contributed by atoms with van der Waals surface area (Å²) >= 11 is -0.530. The Morgan fingerprint density at radius 2 is 1.00 bits per heavy atom. The molecule has 0 fully saturated rings. The number of halogens is 2. The summed E-state index contributed by atoms with van der Waals surface area (Å²) in [6.45, 7) is 19.7. The van der Waals surface area contributed by atoms with Crippen molar-refractivity contribution in [1.29, 1.82) is 0 Å². The third-order valence-electron chi connectivity index (χ3n) is 4.65. The zero-order chi connectivity index (χ0) is 16.0. The first-order valence-corrected chi connectivity index (χ1v) is 17.6. The average Bonchev–Trinajstić information content (AvgIpc) is 2.83. The van der Waals surface area contributed by atoms with E-state index >= 15 is 0 Å². The van der Waals surface area contributed by atoms with Gasteiger partial charge in [0.05, 0.1) is 0 Å². The number of hydrogen-bond donors (Lipinski definition) is 0. The molecule has 5 heteroatoms. The molecule has 0 amide bonds. The monoisotopic (exact) mass is 462 g/mol. The Morgan fingerprint density at radius 1 is 0.696 bits per heavy atom. The van der Waals surface area contributed by atoms with Crippen LogP contribution >= 0.6 is 0 Å². The Balaban J connectivity index is 0.00000242. The second kappa shape index (κ2) is 8.49. The predicted molar refractivity (Wildman–Crippen MR) is 97.5 cm³/mol. The zero-order valence-corrected chi connectivity index (χ0v) is 21.8. The maximum Gasteiger partial charge on any atom is -1.00 e. The molecule has 0 aromatic carbocycles. The molecule has 2 rings (SSSR count). The van der Waals surface area contributed by atoms with Gasteiger partial charge in [-0.05, 0) is 0 Å². The summed E-state index contributed by atoms with van der Waals surface area (Å²) in [7, 11) is -2.27. The van der Waals surface area contributed by atoms with E-state index < -0.39 is 39.4 Å². The van der Waals surface area contributed by atoms with Gasteiger partial charge in [0.1, 0.15) is 0 Å². The third kappa shape index (κ3) is 5.41. The molecule has 0 radical (unpaired) electrons. The summed E-state index contributed by atoms with van der Waals surface area (Å²) < 4.78 is 3.71. The Hall–Kier alpha value is 0.857. The molecule has 0 nitrogen and oxygen atoms in total. The largest absolute Gasteiger partial charge is 1.00 e. The van der Waals surface area contributed by atoms with Gasteiger partial charge in [-0.2, -0.15) is 0 Å². The maximum absolute atomic E-state index is 2.56. The summed E-state index contributed by atoms with van der Waals surface area (Å²) in [6.07, 6.45) is 7.68. The van der Waals surface area contributed by atoms with Gasteiger partial charge in [0.2, 0.25) is 0 Å². The fraction of sp³-hybridized carbons (Fsp3) is 0.556. The third-order valence-corrected chi connectivity index (χ3v) is 13.4. The normalized spacial score (nSPS) is 18.3. The molecule has 23 heavy (non-hydrogen) atoms. The molecule has 0 N–H and O–H groups in total. The van der Waals surface area contributed by atoms with E-state index in [1.54, 1.807) is 21.5 Å². The van der Waals surface area contributed by atoms with Crippen molar-refractivity contribution in [3.05, 3.63) is 40.3 Å². The van der Waals surface area contributed by atoms with Crippen LogP contribution in [-0.2, 0) is 23.2 Å². The molecule has 2 aliphatic rings. The summed E-state index contributed by atoms with van der Waals surface area (Å²) in [4.78, 5) is 0. The van der Waals surface area contributed by atoms with Gasteiger partial charge in [-0.3, -0.25) is 0 Å². The Bertz CT molecular complexity index is 533. The molecular weight excluding hydrogens is 435 g/mol. The van der Waals surface area contributed by atoms with E-state index in [4.69, 9.17) is 0 Å². The van der Waals surface area contributed by atoms with Crippen LogP contribution in [0.5, 0.6) is 0 Å². The van der Waals surface area contributed by atoms with Crippen molar-refractivity contribution in [2.75, 3.05) is 0 Å². The first-order valence-electron chi connectivity index (χ1n) is 8.10. The van der Waals surface area contributed by atoms with Crippen LogP contribution in [0.2, 0.25) is 39.3 Å². The van der Waals surface area contributed by atoms with Crippen molar-refractivity contribution in [3.63, 3.8) is 0 Å². The van der Waals surface area contributed by atoms with Gasteiger partial charge in [0.25, 0.3) is 0 Å². The van der Waals surface area contributed by atoms with Crippen molar-refractivity contribution in [3.8, 4) is 0 Å². The van der Waals surface area contributed by atoms with Crippen molar-refractivity contribution >= 4 is 16.1 Å². The van der Waals surface area contributed by atoms with Gasteiger partial charge in [0.15, 0.2) is 0 Å². The second-order valence-electron chi connectivity index (χ2n) is 8.48. The van der Waals surface area contributed by atoms with E-state index in [0.29, 0.717) is 0 Å². The summed E-state index contributed by atoms with van der Waals surface area (Å²) in [5.74, 6) is 0. The number of hydrogen-bond acceptors (Lipinski definition) is 0. The van der Waals surface area contributed by atoms with E-state index in [9.17, 15) is 0 Å². The van der Waals surface area contributed by atoms with E-state index in [-0.39, 0.29) is 24.8 Å². The van der Waals surface area contributed by atoms with Crippen LogP contribution in [-0.4, -0.2) is 16.1 Å². The molecule has 128 valence electrons. The molecular formula is C18H30Cl2Si2Zr. The summed E-state index contributed by atoms with van der Waals surface area (Å²) in [5, 5.41) is 3.49. The minimum atomic E-state index is -1.14. The molecule has 0 unspecified atom stereocenters. The number of rotatable bonds is 4. The second-order valence-corrected chi connectivity index (χ2v) is 22.1. The zero-order valence-electron chi connectivity index (χ0n) is 15.8. The van der Waals surface area contributed by atoms with Gasteiger partial charge in [-0.25, -0.2) is 0 Å². The topological polar surface area (TPSA) is 0 Å². The first kappa shape index (κ1) is 23.9. The maximum atomic E-state index is 2.56. The molecule has 0 aromatic rings. The SMILES string of the molecule is CC1=[C]([Zr+2][C]2=C(C)C([Si](C)(C)C)=CC2)CC=C1[Si](C)(C)C.[Cl-].[Cl-]. The molecule has 0 spiro atoms. The van der Waals surface area contributed by atoms with Gasteiger partial charge in [-0.15, -0.1) is 0 Å². The van der Waals surface area contributed by atoms with Gasteiger partial charge >= 0.3 is 146 Å².